The first kappa shape index (κ1) is 19.1. The molecule has 1 aromatic heterocycles. The number of amides is 1. The molecule has 6 nitrogen and oxygen atoms in total. The minimum Gasteiger partial charge on any atom is -0.352 e. The van der Waals surface area contributed by atoms with Crippen molar-refractivity contribution in [2.45, 2.75) is 31.7 Å². The summed E-state index contributed by atoms with van der Waals surface area (Å²) in [5.41, 5.74) is 1.21. The Bertz CT molecular complexity index is 788. The van der Waals surface area contributed by atoms with Crippen LogP contribution in [0.25, 0.3) is 0 Å². The molecular formula is C18H23N3O3S. The molecule has 0 bridgehead atoms. The quantitative estimate of drug-likeness (QED) is 0.755. The first-order valence-electron chi connectivity index (χ1n) is 8.15. The Morgan fingerprint density at radius 3 is 2.48 bits per heavy atom. The van der Waals surface area contributed by atoms with Crippen LogP contribution < -0.4 is 10.0 Å². The van der Waals surface area contributed by atoms with Gasteiger partial charge in [-0.1, -0.05) is 19.9 Å². The van der Waals surface area contributed by atoms with E-state index in [4.69, 9.17) is 0 Å². The summed E-state index contributed by atoms with van der Waals surface area (Å²) in [7, 11) is -3.64. The Morgan fingerprint density at radius 1 is 1.16 bits per heavy atom. The number of hydrogen-bond acceptors (Lipinski definition) is 4. The molecule has 1 aromatic carbocycles. The van der Waals surface area contributed by atoms with Crippen LogP contribution in [0.2, 0.25) is 0 Å². The number of sulfonamides is 1. The molecule has 2 N–H and O–H groups in total. The number of carbonyl (C=O) groups is 1. The summed E-state index contributed by atoms with van der Waals surface area (Å²) >= 11 is 0. The predicted molar refractivity (Wildman–Crippen MR) is 96.5 cm³/mol. The third kappa shape index (κ3) is 5.95. The lowest BCUT2D eigenvalue weighted by molar-refractivity contribution is 0.0952. The van der Waals surface area contributed by atoms with Crippen molar-refractivity contribution in [1.82, 2.24) is 15.0 Å². The van der Waals surface area contributed by atoms with Crippen molar-refractivity contribution in [1.29, 1.82) is 0 Å². The van der Waals surface area contributed by atoms with Gasteiger partial charge in [-0.15, -0.1) is 0 Å². The Hall–Kier alpha value is -2.25. The first-order valence-corrected chi connectivity index (χ1v) is 9.63. The minimum atomic E-state index is -3.64. The van der Waals surface area contributed by atoms with Gasteiger partial charge in [0.1, 0.15) is 0 Å². The maximum Gasteiger partial charge on any atom is 0.251 e. The molecule has 0 fully saturated rings. The average molecular weight is 361 g/mol. The van der Waals surface area contributed by atoms with Gasteiger partial charge < -0.3 is 5.32 Å². The monoisotopic (exact) mass is 361 g/mol. The minimum absolute atomic E-state index is 0.120. The first-order chi connectivity index (χ1) is 11.9. The van der Waals surface area contributed by atoms with Crippen molar-refractivity contribution < 1.29 is 13.2 Å². The van der Waals surface area contributed by atoms with Crippen molar-refractivity contribution in [3.05, 3.63) is 59.9 Å². The van der Waals surface area contributed by atoms with Gasteiger partial charge in [0.25, 0.3) is 5.91 Å². The lowest BCUT2D eigenvalue weighted by atomic mass is 10.1. The highest BCUT2D eigenvalue weighted by atomic mass is 32.2. The van der Waals surface area contributed by atoms with Gasteiger partial charge in [0.2, 0.25) is 10.0 Å². The average Bonchev–Trinajstić information content (AvgIpc) is 2.61. The molecule has 0 aliphatic heterocycles. The molecule has 0 aliphatic carbocycles. The van der Waals surface area contributed by atoms with Crippen molar-refractivity contribution in [3.63, 3.8) is 0 Å². The summed E-state index contributed by atoms with van der Waals surface area (Å²) in [6, 6.07) is 9.44. The highest BCUT2D eigenvalue weighted by molar-refractivity contribution is 7.89. The summed E-state index contributed by atoms with van der Waals surface area (Å²) in [6.07, 6.45) is 4.13. The summed E-state index contributed by atoms with van der Waals surface area (Å²) in [4.78, 5) is 16.1. The topological polar surface area (TPSA) is 88.2 Å². The Kier molecular flexibility index (Phi) is 6.66. The molecule has 0 aliphatic rings. The number of rotatable bonds is 8. The molecule has 0 atom stereocenters. The van der Waals surface area contributed by atoms with Crippen LogP contribution >= 0.6 is 0 Å². The smallest absolute Gasteiger partial charge is 0.251 e. The Morgan fingerprint density at radius 2 is 1.88 bits per heavy atom. The molecule has 0 spiro atoms. The van der Waals surface area contributed by atoms with Gasteiger partial charge in [0, 0.05) is 31.0 Å². The fourth-order valence-corrected chi connectivity index (χ4v) is 3.14. The van der Waals surface area contributed by atoms with Crippen LogP contribution in [0.3, 0.4) is 0 Å². The van der Waals surface area contributed by atoms with Crippen LogP contribution in [-0.4, -0.2) is 25.9 Å². The third-order valence-electron chi connectivity index (χ3n) is 3.62. The molecule has 2 rings (SSSR count). The van der Waals surface area contributed by atoms with E-state index in [1.165, 1.54) is 24.3 Å². The van der Waals surface area contributed by atoms with Gasteiger partial charge in [0.15, 0.2) is 0 Å². The largest absolute Gasteiger partial charge is 0.352 e. The highest BCUT2D eigenvalue weighted by Crippen LogP contribution is 2.11. The second-order valence-electron chi connectivity index (χ2n) is 6.15. The van der Waals surface area contributed by atoms with Gasteiger partial charge in [-0.3, -0.25) is 9.78 Å². The number of benzene rings is 1. The summed E-state index contributed by atoms with van der Waals surface area (Å²) in [5.74, 6) is 0.312. The van der Waals surface area contributed by atoms with Gasteiger partial charge in [-0.05, 0) is 48.2 Å². The molecule has 0 saturated carbocycles. The zero-order valence-corrected chi connectivity index (χ0v) is 15.2. The zero-order chi connectivity index (χ0) is 18.3. The van der Waals surface area contributed by atoms with E-state index in [9.17, 15) is 13.2 Å². The van der Waals surface area contributed by atoms with Gasteiger partial charge in [-0.2, -0.15) is 0 Å². The second kappa shape index (κ2) is 8.73. The fourth-order valence-electron chi connectivity index (χ4n) is 2.13. The lowest BCUT2D eigenvalue weighted by Gasteiger charge is -2.09. The number of aromatic nitrogens is 1. The number of carbonyl (C=O) groups excluding carboxylic acids is 1. The van der Waals surface area contributed by atoms with E-state index in [1.807, 2.05) is 0 Å². The highest BCUT2D eigenvalue weighted by Gasteiger charge is 2.14. The molecular weight excluding hydrogens is 338 g/mol. The lowest BCUT2D eigenvalue weighted by Crippen LogP contribution is -2.26. The molecule has 7 heteroatoms. The van der Waals surface area contributed by atoms with Crippen LogP contribution in [0.4, 0.5) is 0 Å². The van der Waals surface area contributed by atoms with Crippen molar-refractivity contribution in [3.8, 4) is 0 Å². The summed E-state index contributed by atoms with van der Waals surface area (Å²) < 4.78 is 27.1. The van der Waals surface area contributed by atoms with Crippen molar-refractivity contribution >= 4 is 15.9 Å². The van der Waals surface area contributed by atoms with Crippen LogP contribution in [0.5, 0.6) is 0 Å². The number of pyridine rings is 1. The number of nitrogens with zero attached hydrogens (tertiary/aromatic N) is 1. The van der Waals surface area contributed by atoms with E-state index in [0.717, 1.165) is 12.0 Å². The molecule has 1 amide bonds. The van der Waals surface area contributed by atoms with Crippen LogP contribution in [0, 0.1) is 5.92 Å². The maximum atomic E-state index is 12.3. The van der Waals surface area contributed by atoms with Crippen LogP contribution in [0.1, 0.15) is 36.2 Å². The van der Waals surface area contributed by atoms with Crippen LogP contribution in [0.15, 0.2) is 53.7 Å². The van der Waals surface area contributed by atoms with Gasteiger partial charge >= 0.3 is 0 Å². The van der Waals surface area contributed by atoms with Gasteiger partial charge in [-0.25, -0.2) is 13.1 Å². The van der Waals surface area contributed by atoms with Gasteiger partial charge in [0.05, 0.1) is 4.90 Å². The van der Waals surface area contributed by atoms with Crippen molar-refractivity contribution in [2.75, 3.05) is 6.54 Å². The van der Waals surface area contributed by atoms with E-state index in [2.05, 4.69) is 28.9 Å². The SMILES string of the molecule is CC(C)CCNC(=O)c1ccc(S(=O)(=O)NCc2cccnc2)cc1. The van der Waals surface area contributed by atoms with Crippen molar-refractivity contribution in [2.24, 2.45) is 5.92 Å². The van der Waals surface area contributed by atoms with E-state index < -0.39 is 10.0 Å². The molecule has 2 aromatic rings. The third-order valence-corrected chi connectivity index (χ3v) is 5.04. The van der Waals surface area contributed by atoms with E-state index in [0.29, 0.717) is 18.0 Å². The summed E-state index contributed by atoms with van der Waals surface area (Å²) in [5, 5.41) is 2.82. The summed E-state index contributed by atoms with van der Waals surface area (Å²) in [6.45, 7) is 4.94. The molecule has 1 heterocycles. The molecule has 25 heavy (non-hydrogen) atoms. The maximum absolute atomic E-state index is 12.3. The van der Waals surface area contributed by atoms with E-state index >= 15 is 0 Å². The fraction of sp³-hybridized carbons (Fsp3) is 0.333. The molecule has 134 valence electrons. The standard InChI is InChI=1S/C18H23N3O3S/c1-14(2)9-11-20-18(22)16-5-7-17(8-6-16)25(23,24)21-13-15-4-3-10-19-12-15/h3-8,10,12,14,21H,9,11,13H2,1-2H3,(H,20,22). The molecule has 0 saturated heterocycles. The van der Waals surface area contributed by atoms with Crippen LogP contribution in [-0.2, 0) is 16.6 Å². The molecule has 0 unspecified atom stereocenters. The predicted octanol–water partition coefficient (Wildman–Crippen LogP) is 2.34. The second-order valence-corrected chi connectivity index (χ2v) is 7.92. The number of nitrogens with one attached hydrogen (secondary N) is 2. The normalized spacial score (nSPS) is 11.5. The van der Waals surface area contributed by atoms with E-state index in [-0.39, 0.29) is 17.3 Å². The van der Waals surface area contributed by atoms with E-state index in [1.54, 1.807) is 24.5 Å². The Labute approximate surface area is 148 Å². The zero-order valence-electron chi connectivity index (χ0n) is 14.4. The Balaban J connectivity index is 1.97. The molecule has 0 radical (unpaired) electrons. The number of hydrogen-bond donors (Lipinski definition) is 2.